The number of carbonyl (C=O) groups is 1. The third-order valence-corrected chi connectivity index (χ3v) is 8.59. The second-order valence-electron chi connectivity index (χ2n) is 8.78. The number of nitriles is 1. The van der Waals surface area contributed by atoms with Crippen LogP contribution in [-0.4, -0.2) is 31.7 Å². The minimum absolute atomic E-state index is 0.00867. The number of nitrogens with zero attached hydrogens (tertiary/aromatic N) is 2. The van der Waals surface area contributed by atoms with Crippen LogP contribution in [0.5, 0.6) is 0 Å². The van der Waals surface area contributed by atoms with Crippen LogP contribution in [0.4, 0.5) is 0 Å². The minimum atomic E-state index is -3.62. The number of nitrogens with one attached hydrogen (secondary N) is 1. The van der Waals surface area contributed by atoms with Gasteiger partial charge in [-0.2, -0.15) is 9.57 Å². The van der Waals surface area contributed by atoms with Crippen LogP contribution in [0.3, 0.4) is 0 Å². The van der Waals surface area contributed by atoms with Gasteiger partial charge >= 0.3 is 0 Å². The summed E-state index contributed by atoms with van der Waals surface area (Å²) in [5.74, 6) is -0.201. The van der Waals surface area contributed by atoms with E-state index in [2.05, 4.69) is 23.5 Å². The fraction of sp³-hybridized carbons (Fsp3) is 0.440. The lowest BCUT2D eigenvalue weighted by Gasteiger charge is -2.31. The molecule has 6 nitrogen and oxygen atoms in total. The number of amides is 1. The van der Waals surface area contributed by atoms with E-state index in [1.807, 2.05) is 13.0 Å². The van der Waals surface area contributed by atoms with Gasteiger partial charge in [0.25, 0.3) is 0 Å². The zero-order chi connectivity index (χ0) is 22.7. The van der Waals surface area contributed by atoms with Crippen molar-refractivity contribution in [2.75, 3.05) is 13.1 Å². The molecule has 32 heavy (non-hydrogen) atoms. The Labute approximate surface area is 190 Å². The standard InChI is InChI=1S/C25H29N3O3S/c1-18(22-9-8-20-4-2-3-5-23(20)16-22)27-25(29)21-12-14-28(15-13-21)32(30,31)24-10-6-19(17-26)7-11-24/h6-11,16,18,21H,2-5,12-15H2,1H3,(H,27,29). The summed E-state index contributed by atoms with van der Waals surface area (Å²) in [4.78, 5) is 13.0. The monoisotopic (exact) mass is 451 g/mol. The highest BCUT2D eigenvalue weighted by Gasteiger charge is 2.32. The lowest BCUT2D eigenvalue weighted by molar-refractivity contribution is -0.126. The van der Waals surface area contributed by atoms with E-state index in [4.69, 9.17) is 5.26 Å². The molecule has 1 fully saturated rings. The summed E-state index contributed by atoms with van der Waals surface area (Å²) in [6, 6.07) is 14.4. The molecular formula is C25H29N3O3S. The summed E-state index contributed by atoms with van der Waals surface area (Å²) in [7, 11) is -3.62. The number of fused-ring (bicyclic) bond motifs is 1. The molecule has 0 spiro atoms. The largest absolute Gasteiger partial charge is 0.349 e. The molecule has 1 aliphatic heterocycles. The molecule has 1 heterocycles. The number of benzene rings is 2. The van der Waals surface area contributed by atoms with Crippen LogP contribution in [0.2, 0.25) is 0 Å². The van der Waals surface area contributed by atoms with Gasteiger partial charge in [-0.3, -0.25) is 4.79 Å². The lowest BCUT2D eigenvalue weighted by Crippen LogP contribution is -2.43. The number of sulfonamides is 1. The normalized spacial score (nSPS) is 18.4. The van der Waals surface area contributed by atoms with Gasteiger partial charge < -0.3 is 5.32 Å². The SMILES string of the molecule is CC(NC(=O)C1CCN(S(=O)(=O)c2ccc(C#N)cc2)CC1)c1ccc2c(c1)CCCC2. The zero-order valence-corrected chi connectivity index (χ0v) is 19.2. The predicted octanol–water partition coefficient (Wildman–Crippen LogP) is 3.72. The maximum atomic E-state index is 12.9. The minimum Gasteiger partial charge on any atom is -0.349 e. The summed E-state index contributed by atoms with van der Waals surface area (Å²) in [5, 5.41) is 12.0. The average Bonchev–Trinajstić information content (AvgIpc) is 2.83. The van der Waals surface area contributed by atoms with Gasteiger partial charge in [0.2, 0.25) is 15.9 Å². The number of hydrogen-bond acceptors (Lipinski definition) is 4. The van der Waals surface area contributed by atoms with Crippen molar-refractivity contribution in [2.45, 2.75) is 56.4 Å². The highest BCUT2D eigenvalue weighted by atomic mass is 32.2. The molecule has 2 aromatic carbocycles. The average molecular weight is 452 g/mol. The molecule has 2 aliphatic rings. The Kier molecular flexibility index (Phi) is 6.63. The first kappa shape index (κ1) is 22.5. The van der Waals surface area contributed by atoms with Crippen LogP contribution in [0, 0.1) is 17.2 Å². The Morgan fingerprint density at radius 2 is 1.72 bits per heavy atom. The number of hydrogen-bond donors (Lipinski definition) is 1. The van der Waals surface area contributed by atoms with Crippen LogP contribution < -0.4 is 5.32 Å². The van der Waals surface area contributed by atoms with E-state index in [-0.39, 0.29) is 22.8 Å². The Bertz CT molecular complexity index is 1130. The maximum Gasteiger partial charge on any atom is 0.243 e. The third-order valence-electron chi connectivity index (χ3n) is 6.68. The van der Waals surface area contributed by atoms with E-state index in [1.54, 1.807) is 0 Å². The molecule has 1 amide bonds. The summed E-state index contributed by atoms with van der Waals surface area (Å²) in [6.45, 7) is 2.63. The van der Waals surface area contributed by atoms with E-state index in [1.165, 1.54) is 52.5 Å². The number of aryl methyl sites for hydroxylation is 2. The van der Waals surface area contributed by atoms with Crippen LogP contribution in [0.25, 0.3) is 0 Å². The van der Waals surface area contributed by atoms with Crippen molar-refractivity contribution < 1.29 is 13.2 Å². The molecule has 0 bridgehead atoms. The molecule has 1 saturated heterocycles. The van der Waals surface area contributed by atoms with E-state index in [0.717, 1.165) is 18.4 Å². The summed E-state index contributed by atoms with van der Waals surface area (Å²) >= 11 is 0. The van der Waals surface area contributed by atoms with Gasteiger partial charge in [0.1, 0.15) is 0 Å². The zero-order valence-electron chi connectivity index (χ0n) is 18.4. The van der Waals surface area contributed by atoms with Crippen LogP contribution >= 0.6 is 0 Å². The first-order valence-corrected chi connectivity index (χ1v) is 12.7. The first-order chi connectivity index (χ1) is 15.4. The van der Waals surface area contributed by atoms with Crippen LogP contribution in [0.15, 0.2) is 47.4 Å². The molecule has 168 valence electrons. The predicted molar refractivity (Wildman–Crippen MR) is 122 cm³/mol. The van der Waals surface area contributed by atoms with Crippen molar-refractivity contribution in [3.05, 3.63) is 64.7 Å². The Morgan fingerprint density at radius 1 is 1.06 bits per heavy atom. The fourth-order valence-electron chi connectivity index (χ4n) is 4.65. The van der Waals surface area contributed by atoms with E-state index in [0.29, 0.717) is 31.5 Å². The summed E-state index contributed by atoms with van der Waals surface area (Å²) < 4.78 is 27.2. The Hall–Kier alpha value is -2.69. The molecule has 1 atom stereocenters. The topological polar surface area (TPSA) is 90.3 Å². The second-order valence-corrected chi connectivity index (χ2v) is 10.7. The molecule has 4 rings (SSSR count). The number of piperidine rings is 1. The van der Waals surface area contributed by atoms with E-state index in [9.17, 15) is 13.2 Å². The third kappa shape index (κ3) is 4.72. The van der Waals surface area contributed by atoms with Crippen molar-refractivity contribution in [3.8, 4) is 6.07 Å². The highest BCUT2D eigenvalue weighted by Crippen LogP contribution is 2.27. The maximum absolute atomic E-state index is 12.9. The van der Waals surface area contributed by atoms with Crippen molar-refractivity contribution in [1.29, 1.82) is 5.26 Å². The summed E-state index contributed by atoms with van der Waals surface area (Å²) in [6.07, 6.45) is 5.71. The lowest BCUT2D eigenvalue weighted by atomic mass is 9.89. The summed E-state index contributed by atoms with van der Waals surface area (Å²) in [5.41, 5.74) is 4.37. The van der Waals surface area contributed by atoms with Gasteiger partial charge in [0, 0.05) is 19.0 Å². The number of carbonyl (C=O) groups excluding carboxylic acids is 1. The van der Waals surface area contributed by atoms with Crippen molar-refractivity contribution in [3.63, 3.8) is 0 Å². The van der Waals surface area contributed by atoms with Gasteiger partial charge in [-0.25, -0.2) is 8.42 Å². The molecule has 1 unspecified atom stereocenters. The highest BCUT2D eigenvalue weighted by molar-refractivity contribution is 7.89. The van der Waals surface area contributed by atoms with Gasteiger partial charge in [-0.15, -0.1) is 0 Å². The Morgan fingerprint density at radius 3 is 2.38 bits per heavy atom. The van der Waals surface area contributed by atoms with E-state index >= 15 is 0 Å². The molecular weight excluding hydrogens is 422 g/mol. The fourth-order valence-corrected chi connectivity index (χ4v) is 6.12. The van der Waals surface area contributed by atoms with Gasteiger partial charge in [0.05, 0.1) is 22.6 Å². The van der Waals surface area contributed by atoms with Crippen LogP contribution in [-0.2, 0) is 27.7 Å². The van der Waals surface area contributed by atoms with Gasteiger partial charge in [-0.1, -0.05) is 18.2 Å². The molecule has 0 saturated carbocycles. The van der Waals surface area contributed by atoms with Crippen LogP contribution in [0.1, 0.15) is 60.9 Å². The van der Waals surface area contributed by atoms with Gasteiger partial charge in [-0.05, 0) is 86.4 Å². The van der Waals surface area contributed by atoms with E-state index < -0.39 is 10.0 Å². The molecule has 0 radical (unpaired) electrons. The molecule has 7 heteroatoms. The number of rotatable bonds is 5. The van der Waals surface area contributed by atoms with Crippen molar-refractivity contribution >= 4 is 15.9 Å². The van der Waals surface area contributed by atoms with Crippen molar-refractivity contribution in [1.82, 2.24) is 9.62 Å². The quantitative estimate of drug-likeness (QED) is 0.750. The van der Waals surface area contributed by atoms with Crippen molar-refractivity contribution in [2.24, 2.45) is 5.92 Å². The first-order valence-electron chi connectivity index (χ1n) is 11.3. The smallest absolute Gasteiger partial charge is 0.243 e. The second kappa shape index (κ2) is 9.43. The molecule has 2 aromatic rings. The molecule has 1 N–H and O–H groups in total. The molecule has 1 aliphatic carbocycles. The molecule has 0 aromatic heterocycles. The van der Waals surface area contributed by atoms with Gasteiger partial charge in [0.15, 0.2) is 0 Å². The Balaban J connectivity index is 1.34.